The average Bonchev–Trinajstić information content (AvgIpc) is 2.77. The van der Waals surface area contributed by atoms with Crippen LogP contribution in [0.25, 0.3) is 0 Å². The quantitative estimate of drug-likeness (QED) is 0.732. The van der Waals surface area contributed by atoms with E-state index in [1.165, 1.54) is 0 Å². The van der Waals surface area contributed by atoms with E-state index in [0.717, 1.165) is 4.90 Å². The number of carbonyl (C=O) groups is 4. The maximum absolute atomic E-state index is 12.1. The number of hydrogen-bond donors (Lipinski definition) is 2. The molecule has 0 saturated heterocycles. The second kappa shape index (κ2) is 6.82. The fourth-order valence-corrected chi connectivity index (χ4v) is 2.37. The van der Waals surface area contributed by atoms with Crippen molar-refractivity contribution >= 4 is 23.7 Å². The maximum Gasteiger partial charge on any atom is 0.309 e. The zero-order valence-electron chi connectivity index (χ0n) is 13.7. The molecule has 2 N–H and O–H groups in total. The van der Waals surface area contributed by atoms with Crippen molar-refractivity contribution in [3.05, 3.63) is 35.4 Å². The van der Waals surface area contributed by atoms with Crippen LogP contribution in [0.5, 0.6) is 0 Å². The van der Waals surface area contributed by atoms with E-state index >= 15 is 0 Å². The number of imide groups is 1. The molecule has 0 radical (unpaired) electrons. The summed E-state index contributed by atoms with van der Waals surface area (Å²) < 4.78 is 0. The molecule has 0 aromatic heterocycles. The summed E-state index contributed by atoms with van der Waals surface area (Å²) >= 11 is 0. The molecule has 1 aliphatic rings. The van der Waals surface area contributed by atoms with Crippen LogP contribution in [0.4, 0.5) is 0 Å². The third-order valence-corrected chi connectivity index (χ3v) is 4.09. The second-order valence-corrected chi connectivity index (χ2v) is 6.35. The van der Waals surface area contributed by atoms with Crippen LogP contribution in [0, 0.1) is 5.41 Å². The molecule has 1 aromatic rings. The fourth-order valence-electron chi connectivity index (χ4n) is 2.37. The van der Waals surface area contributed by atoms with Crippen LogP contribution in [0.3, 0.4) is 0 Å². The van der Waals surface area contributed by atoms with Crippen LogP contribution >= 0.6 is 0 Å². The van der Waals surface area contributed by atoms with Gasteiger partial charge in [0, 0.05) is 19.5 Å². The fraction of sp³-hybridized carbons (Fsp3) is 0.412. The average molecular weight is 332 g/mol. The molecule has 0 unspecified atom stereocenters. The van der Waals surface area contributed by atoms with E-state index in [2.05, 4.69) is 5.32 Å². The van der Waals surface area contributed by atoms with Crippen LogP contribution in [0.1, 0.15) is 47.4 Å². The van der Waals surface area contributed by atoms with Gasteiger partial charge in [0.05, 0.1) is 16.5 Å². The first-order valence-corrected chi connectivity index (χ1v) is 7.69. The number of carbonyl (C=O) groups excluding carboxylic acids is 3. The Bertz CT molecular complexity index is 661. The Morgan fingerprint density at radius 1 is 1.12 bits per heavy atom. The minimum atomic E-state index is -0.928. The minimum absolute atomic E-state index is 0.000499. The van der Waals surface area contributed by atoms with Gasteiger partial charge < -0.3 is 10.4 Å². The predicted octanol–water partition coefficient (Wildman–Crippen LogP) is 1.29. The van der Waals surface area contributed by atoms with E-state index in [4.69, 9.17) is 5.11 Å². The summed E-state index contributed by atoms with van der Waals surface area (Å²) in [6.45, 7) is 3.39. The van der Waals surface area contributed by atoms with Crippen LogP contribution in [-0.2, 0) is 9.59 Å². The number of nitrogens with one attached hydrogen (secondary N) is 1. The molecule has 0 bridgehead atoms. The van der Waals surface area contributed by atoms with Gasteiger partial charge in [-0.05, 0) is 32.4 Å². The van der Waals surface area contributed by atoms with Gasteiger partial charge in [-0.1, -0.05) is 12.1 Å². The van der Waals surface area contributed by atoms with Crippen molar-refractivity contribution in [3.63, 3.8) is 0 Å². The van der Waals surface area contributed by atoms with Gasteiger partial charge in [-0.2, -0.15) is 0 Å². The van der Waals surface area contributed by atoms with Gasteiger partial charge in [0.25, 0.3) is 11.8 Å². The Hall–Kier alpha value is -2.70. The lowest BCUT2D eigenvalue weighted by molar-refractivity contribution is -0.147. The number of amides is 3. The van der Waals surface area contributed by atoms with Gasteiger partial charge in [-0.25, -0.2) is 0 Å². The van der Waals surface area contributed by atoms with Gasteiger partial charge in [0.1, 0.15) is 0 Å². The molecule has 1 aliphatic heterocycles. The van der Waals surface area contributed by atoms with Crippen LogP contribution in [0.2, 0.25) is 0 Å². The number of rotatable bonds is 7. The summed E-state index contributed by atoms with van der Waals surface area (Å²) in [5, 5.41) is 11.6. The third-order valence-electron chi connectivity index (χ3n) is 4.09. The van der Waals surface area contributed by atoms with E-state index < -0.39 is 23.2 Å². The first-order chi connectivity index (χ1) is 11.2. The van der Waals surface area contributed by atoms with Crippen LogP contribution in [0.15, 0.2) is 24.3 Å². The lowest BCUT2D eigenvalue weighted by atomic mass is 9.90. The van der Waals surface area contributed by atoms with E-state index in [-0.39, 0.29) is 25.4 Å². The van der Waals surface area contributed by atoms with Crippen LogP contribution in [-0.4, -0.2) is 46.8 Å². The van der Waals surface area contributed by atoms with Gasteiger partial charge in [-0.3, -0.25) is 24.1 Å². The standard InChI is InChI=1S/C17H20N2O5/c1-17(2,16(23)24)8-9-18-13(20)7-10-19-14(21)11-5-3-4-6-12(11)15(19)22/h3-6H,7-10H2,1-2H3,(H,18,20)(H,23,24). The molecule has 3 amide bonds. The highest BCUT2D eigenvalue weighted by Gasteiger charge is 2.35. The Morgan fingerprint density at radius 3 is 2.17 bits per heavy atom. The van der Waals surface area contributed by atoms with Gasteiger partial charge in [0.2, 0.25) is 5.91 Å². The Balaban J connectivity index is 1.82. The number of hydrogen-bond acceptors (Lipinski definition) is 4. The van der Waals surface area contributed by atoms with Crippen molar-refractivity contribution in [2.75, 3.05) is 13.1 Å². The number of aliphatic carboxylic acids is 1. The van der Waals surface area contributed by atoms with Crippen molar-refractivity contribution in [3.8, 4) is 0 Å². The highest BCUT2D eigenvalue weighted by atomic mass is 16.4. The maximum atomic E-state index is 12.1. The monoisotopic (exact) mass is 332 g/mol. The lowest BCUT2D eigenvalue weighted by Crippen LogP contribution is -2.36. The van der Waals surface area contributed by atoms with Gasteiger partial charge in [-0.15, -0.1) is 0 Å². The van der Waals surface area contributed by atoms with E-state index in [0.29, 0.717) is 17.5 Å². The molecule has 0 saturated carbocycles. The number of benzene rings is 1. The van der Waals surface area contributed by atoms with Crippen LogP contribution < -0.4 is 5.32 Å². The molecule has 0 fully saturated rings. The molecule has 0 spiro atoms. The summed E-state index contributed by atoms with van der Waals surface area (Å²) in [6.07, 6.45) is 0.278. The third kappa shape index (κ3) is 3.61. The molecule has 0 aliphatic carbocycles. The van der Waals surface area contributed by atoms with Crippen molar-refractivity contribution in [2.45, 2.75) is 26.7 Å². The van der Waals surface area contributed by atoms with Crippen molar-refractivity contribution in [1.82, 2.24) is 10.2 Å². The van der Waals surface area contributed by atoms with E-state index in [1.54, 1.807) is 38.1 Å². The minimum Gasteiger partial charge on any atom is -0.481 e. The molecule has 7 nitrogen and oxygen atoms in total. The van der Waals surface area contributed by atoms with E-state index in [1.807, 2.05) is 0 Å². The van der Waals surface area contributed by atoms with Gasteiger partial charge >= 0.3 is 5.97 Å². The summed E-state index contributed by atoms with van der Waals surface area (Å²) in [6, 6.07) is 6.54. The number of fused-ring (bicyclic) bond motifs is 1. The molecular weight excluding hydrogens is 312 g/mol. The topological polar surface area (TPSA) is 104 Å². The summed E-state index contributed by atoms with van der Waals surface area (Å²) in [4.78, 5) is 48.2. The zero-order chi connectivity index (χ0) is 17.9. The lowest BCUT2D eigenvalue weighted by Gasteiger charge is -2.19. The first-order valence-electron chi connectivity index (χ1n) is 7.69. The molecule has 2 rings (SSSR count). The Kier molecular flexibility index (Phi) is 5.02. The number of nitrogens with zero attached hydrogens (tertiary/aromatic N) is 1. The summed E-state index contributed by atoms with van der Waals surface area (Å²) in [7, 11) is 0. The smallest absolute Gasteiger partial charge is 0.309 e. The summed E-state index contributed by atoms with van der Waals surface area (Å²) in [5.41, 5.74) is -0.215. The molecule has 128 valence electrons. The summed E-state index contributed by atoms with van der Waals surface area (Å²) in [5.74, 6) is -2.04. The van der Waals surface area contributed by atoms with Gasteiger partial charge in [0.15, 0.2) is 0 Å². The highest BCUT2D eigenvalue weighted by Crippen LogP contribution is 2.22. The largest absolute Gasteiger partial charge is 0.481 e. The Morgan fingerprint density at radius 2 is 1.67 bits per heavy atom. The molecule has 24 heavy (non-hydrogen) atoms. The van der Waals surface area contributed by atoms with Crippen molar-refractivity contribution in [1.29, 1.82) is 0 Å². The number of carboxylic acids is 1. The normalized spacial score (nSPS) is 13.8. The predicted molar refractivity (Wildman–Crippen MR) is 85.5 cm³/mol. The molecule has 0 atom stereocenters. The highest BCUT2D eigenvalue weighted by molar-refractivity contribution is 6.21. The second-order valence-electron chi connectivity index (χ2n) is 6.35. The zero-order valence-corrected chi connectivity index (χ0v) is 13.7. The molecular formula is C17H20N2O5. The Labute approximate surface area is 139 Å². The van der Waals surface area contributed by atoms with Crippen molar-refractivity contribution < 1.29 is 24.3 Å². The number of carboxylic acid groups (broad SMARTS) is 1. The molecule has 1 heterocycles. The first kappa shape index (κ1) is 17.7. The SMILES string of the molecule is CC(C)(CCNC(=O)CCN1C(=O)c2ccccc2C1=O)C(=O)O. The van der Waals surface area contributed by atoms with E-state index in [9.17, 15) is 19.2 Å². The van der Waals surface area contributed by atoms with Crippen molar-refractivity contribution in [2.24, 2.45) is 5.41 Å². The molecule has 7 heteroatoms. The molecule has 1 aromatic carbocycles.